The fraction of sp³-hybridized carbons (Fsp3) is 0.966. The zero-order valence-electron chi connectivity index (χ0n) is 55.9. The minimum atomic E-state index is -2.48. The van der Waals surface area contributed by atoms with E-state index in [4.69, 9.17) is 75.8 Å². The number of aliphatic hydroxyl groups excluding tert-OH is 25. The van der Waals surface area contributed by atoms with E-state index in [2.05, 4.69) is 10.6 Å². The molecule has 44 atom stereocenters. The van der Waals surface area contributed by atoms with Gasteiger partial charge in [-0.15, -0.1) is 0 Å². The Morgan fingerprint density at radius 2 is 0.553 bits per heavy atom. The number of carbonyl (C=O) groups is 2. The second-order valence-electron chi connectivity index (χ2n) is 26.4. The lowest BCUT2D eigenvalue weighted by atomic mass is 9.93. The molecule has 45 nitrogen and oxygen atoms in total. The number of aliphatic hydroxyl groups is 25. The average Bonchev–Trinajstić information content (AvgIpc) is 0.761. The van der Waals surface area contributed by atoms with Crippen molar-refractivity contribution >= 4 is 11.8 Å². The van der Waals surface area contributed by atoms with E-state index in [0.717, 1.165) is 13.8 Å². The van der Waals surface area contributed by atoms with Crippen LogP contribution in [0.1, 0.15) is 34.6 Å². The molecule has 0 unspecified atom stereocenters. The Morgan fingerprint density at radius 1 is 0.301 bits per heavy atom. The Bertz CT molecular complexity index is 2610. The molecular weight excluding hydrogens is 1410 g/mol. The molecule has 8 aliphatic rings. The molecule has 0 aromatic carbocycles. The van der Waals surface area contributed by atoms with Gasteiger partial charge in [0.1, 0.15) is 201 Å². The number of nitrogens with one attached hydrogen (secondary N) is 2. The van der Waals surface area contributed by atoms with Gasteiger partial charge in [0.05, 0.1) is 64.6 Å². The van der Waals surface area contributed by atoms with E-state index in [-0.39, 0.29) is 0 Å². The molecule has 0 saturated carbocycles. The van der Waals surface area contributed by atoms with Gasteiger partial charge in [-0.05, 0) is 20.8 Å². The highest BCUT2D eigenvalue weighted by Crippen LogP contribution is 2.40. The maximum Gasteiger partial charge on any atom is 0.217 e. The van der Waals surface area contributed by atoms with E-state index < -0.39 is 328 Å². The molecule has 27 N–H and O–H groups in total. The van der Waals surface area contributed by atoms with E-state index in [1.54, 1.807) is 0 Å². The SMILES string of the molecule is CC(=O)N[C@H]1[C@H](O[C@H]2[C@@H](O)[C@@H](CO)O[C@@H](O[C@@H]([C@H](O[C@@H]3O[C@@H](C)[C@@H](O)[C@@H](O)[C@@H]3O)[C@@H](O)CO)[C@H](O)CO)[C@@H]2O)O[C@H](CO)[C@@H](O[C@@H]2O[C@H](CO)[C@H](O)[C@H](O[C@@H]3O[C@H](CO)[C@@H](O[C@@H]4O[C@@H](C)[C@@H](O)[C@@H](O)[C@@H]4O)[C@@H](O[C@@H]4O[C@H](CO)[C@H](O)[C@H](O)[C@H]4O)[C@H]3NC(C)=O)[C@H]2O)[C@@H]1O[C@@H]1O[C@@H](C)[C@@H](O)[C@@H](O)[C@@H]1O. The van der Waals surface area contributed by atoms with Crippen molar-refractivity contribution in [3.05, 3.63) is 0 Å². The quantitative estimate of drug-likeness (QED) is 0.0346. The predicted molar refractivity (Wildman–Crippen MR) is 318 cm³/mol. The largest absolute Gasteiger partial charge is 0.394 e. The van der Waals surface area contributed by atoms with Crippen LogP contribution in [-0.4, -0.2) is 456 Å². The van der Waals surface area contributed by atoms with Crippen LogP contribution in [0.25, 0.3) is 0 Å². The van der Waals surface area contributed by atoms with Crippen molar-refractivity contribution in [2.45, 2.75) is 305 Å². The fourth-order valence-electron chi connectivity index (χ4n) is 13.2. The summed E-state index contributed by atoms with van der Waals surface area (Å²) in [6.45, 7) is -2.67. The number of amides is 2. The third kappa shape index (κ3) is 18.9. The maximum absolute atomic E-state index is 13.5. The molecule has 8 aliphatic heterocycles. The summed E-state index contributed by atoms with van der Waals surface area (Å²) >= 11 is 0. The number of ether oxygens (including phenoxy) is 16. The molecule has 0 radical (unpaired) electrons. The maximum atomic E-state index is 13.5. The fourth-order valence-corrected chi connectivity index (χ4v) is 13.2. The first-order valence-electron chi connectivity index (χ1n) is 33.1. The Hall–Kier alpha value is -2.70. The molecule has 0 spiro atoms. The summed E-state index contributed by atoms with van der Waals surface area (Å²) in [6, 6.07) is -4.02. The molecule has 8 heterocycles. The summed E-state index contributed by atoms with van der Waals surface area (Å²) in [5, 5.41) is 280. The van der Waals surface area contributed by atoms with Crippen molar-refractivity contribution in [3.63, 3.8) is 0 Å². The normalized spacial score (nSPS) is 49.1. The van der Waals surface area contributed by atoms with Gasteiger partial charge in [-0.1, -0.05) is 0 Å². The van der Waals surface area contributed by atoms with Gasteiger partial charge in [0.2, 0.25) is 11.8 Å². The van der Waals surface area contributed by atoms with Crippen LogP contribution in [0.4, 0.5) is 0 Å². The molecule has 45 heteroatoms. The lowest BCUT2D eigenvalue weighted by Gasteiger charge is -2.52. The molecule has 2 amide bonds. The smallest absolute Gasteiger partial charge is 0.217 e. The molecule has 8 fully saturated rings. The third-order valence-electron chi connectivity index (χ3n) is 19.1. The minimum absolute atomic E-state index is 0.913. The molecule has 0 bridgehead atoms. The van der Waals surface area contributed by atoms with Crippen LogP contribution in [0.3, 0.4) is 0 Å². The molecule has 8 saturated heterocycles. The van der Waals surface area contributed by atoms with Crippen molar-refractivity contribution in [2.75, 3.05) is 46.2 Å². The topological polar surface area (TPSA) is 712 Å². The highest BCUT2D eigenvalue weighted by molar-refractivity contribution is 5.73. The van der Waals surface area contributed by atoms with E-state index in [1.165, 1.54) is 20.8 Å². The lowest BCUT2D eigenvalue weighted by molar-refractivity contribution is -0.399. The Labute approximate surface area is 585 Å². The van der Waals surface area contributed by atoms with Gasteiger partial charge in [0.25, 0.3) is 0 Å². The minimum Gasteiger partial charge on any atom is -0.394 e. The summed E-state index contributed by atoms with van der Waals surface area (Å²) in [7, 11) is 0. The molecular formula is C58H100N2O43. The summed E-state index contributed by atoms with van der Waals surface area (Å²) in [6.07, 6.45) is -85.5. The zero-order valence-corrected chi connectivity index (χ0v) is 55.9. The van der Waals surface area contributed by atoms with Gasteiger partial charge in [0, 0.05) is 13.8 Å². The lowest BCUT2D eigenvalue weighted by Crippen LogP contribution is -2.72. The summed E-state index contributed by atoms with van der Waals surface area (Å²) < 4.78 is 95.4. The Kier molecular flexibility index (Phi) is 31.1. The standard InChI is InChI=1S/C58H100N2O43/c1-13-27(72)33(78)37(82)53(88-13)96-43(18(70)6-61)44(19(71)7-62)97-57-41(86)49(31(76)21(9-64)92-57)102-51-25(59-16(4)68)47(100-55-39(84)35(80)29(74)15(3)90-55)46(24(12-67)95-51)99-58-42(87)50(32(77)22(10-65)93-58)103-52-26(60-17(5)69)48(101-56-40(85)36(81)30(75)20(8-63)91-56)45(23(11-66)94-52)98-54-38(83)34(79)28(73)14(2)89-54/h13-15,18-58,61-67,70-87H,6-12H2,1-5H3,(H,59,68)(H,60,69)/t13-,14-,15-,18-,19+,20+,21+,22+,23+,24+,25+,26+,27+,28+,29+,30-,31-,32-,33+,34+,35+,36-,37-,38-,39-,40+,41+,42+,43+,44+,45+,46+,47+,48-,49-,50-,51-,52-,53-,54-,55-,56-,57-,58-/m0/s1. The van der Waals surface area contributed by atoms with Crippen LogP contribution in [0.15, 0.2) is 0 Å². The van der Waals surface area contributed by atoms with Gasteiger partial charge >= 0.3 is 0 Å². The highest BCUT2D eigenvalue weighted by atomic mass is 16.8. The number of carbonyl (C=O) groups excluding carboxylic acids is 2. The number of hydrogen-bond donors (Lipinski definition) is 27. The van der Waals surface area contributed by atoms with Gasteiger partial charge < -0.3 is 214 Å². The average molecular weight is 1510 g/mol. The molecule has 103 heavy (non-hydrogen) atoms. The molecule has 0 aromatic rings. The van der Waals surface area contributed by atoms with Crippen molar-refractivity contribution < 1.29 is 213 Å². The summed E-state index contributed by atoms with van der Waals surface area (Å²) in [4.78, 5) is 26.8. The van der Waals surface area contributed by atoms with Crippen molar-refractivity contribution in [2.24, 2.45) is 0 Å². The van der Waals surface area contributed by atoms with Crippen LogP contribution < -0.4 is 10.6 Å². The highest BCUT2D eigenvalue weighted by Gasteiger charge is 2.61. The first kappa shape index (κ1) is 85.9. The number of hydrogen-bond acceptors (Lipinski definition) is 43. The molecule has 8 rings (SSSR count). The Balaban J connectivity index is 1.14. The van der Waals surface area contributed by atoms with Gasteiger partial charge in [0.15, 0.2) is 50.3 Å². The number of rotatable bonds is 28. The van der Waals surface area contributed by atoms with E-state index >= 15 is 0 Å². The molecule has 0 aliphatic carbocycles. The van der Waals surface area contributed by atoms with Gasteiger partial charge in [-0.2, -0.15) is 0 Å². The monoisotopic (exact) mass is 1510 g/mol. The van der Waals surface area contributed by atoms with Crippen LogP contribution in [-0.2, 0) is 85.4 Å². The first-order valence-corrected chi connectivity index (χ1v) is 33.1. The molecule has 600 valence electrons. The summed E-state index contributed by atoms with van der Waals surface area (Å²) in [5.41, 5.74) is 0. The van der Waals surface area contributed by atoms with E-state index in [9.17, 15) is 137 Å². The van der Waals surface area contributed by atoms with Crippen LogP contribution in [0.2, 0.25) is 0 Å². The van der Waals surface area contributed by atoms with E-state index in [0.29, 0.717) is 0 Å². The Morgan fingerprint density at radius 3 is 0.893 bits per heavy atom. The third-order valence-corrected chi connectivity index (χ3v) is 19.1. The van der Waals surface area contributed by atoms with Gasteiger partial charge in [-0.3, -0.25) is 9.59 Å². The van der Waals surface area contributed by atoms with Crippen LogP contribution in [0, 0.1) is 0 Å². The second-order valence-corrected chi connectivity index (χ2v) is 26.4. The van der Waals surface area contributed by atoms with Crippen molar-refractivity contribution in [1.29, 1.82) is 0 Å². The van der Waals surface area contributed by atoms with Crippen molar-refractivity contribution in [3.8, 4) is 0 Å². The van der Waals surface area contributed by atoms with Crippen molar-refractivity contribution in [1.82, 2.24) is 10.6 Å². The molecule has 0 aromatic heterocycles. The predicted octanol–water partition coefficient (Wildman–Crippen LogP) is -17.6. The van der Waals surface area contributed by atoms with Crippen LogP contribution in [0.5, 0.6) is 0 Å². The van der Waals surface area contributed by atoms with Crippen LogP contribution >= 0.6 is 0 Å². The summed E-state index contributed by atoms with van der Waals surface area (Å²) in [5.74, 6) is -1.99. The second kappa shape index (κ2) is 37.3. The van der Waals surface area contributed by atoms with E-state index in [1.807, 2.05) is 0 Å². The van der Waals surface area contributed by atoms with Gasteiger partial charge in [-0.25, -0.2) is 0 Å². The first-order chi connectivity index (χ1) is 48.6. The zero-order chi connectivity index (χ0) is 76.2.